The second kappa shape index (κ2) is 9.07. The van der Waals surface area contributed by atoms with Crippen molar-refractivity contribution in [3.63, 3.8) is 0 Å². The summed E-state index contributed by atoms with van der Waals surface area (Å²) in [6.07, 6.45) is 4.06. The summed E-state index contributed by atoms with van der Waals surface area (Å²) in [7, 11) is -3.63. The number of fused-ring (bicyclic) bond motifs is 1. The third-order valence-corrected chi connectivity index (χ3v) is 8.70. The number of benzene rings is 1. The van der Waals surface area contributed by atoms with E-state index in [-0.39, 0.29) is 22.6 Å². The number of sulfonamides is 1. The van der Waals surface area contributed by atoms with Gasteiger partial charge < -0.3 is 14.8 Å². The van der Waals surface area contributed by atoms with Gasteiger partial charge in [-0.25, -0.2) is 8.42 Å². The summed E-state index contributed by atoms with van der Waals surface area (Å²) in [5, 5.41) is 8.01. The fourth-order valence-electron chi connectivity index (χ4n) is 4.62. The van der Waals surface area contributed by atoms with Crippen LogP contribution in [0.1, 0.15) is 36.8 Å². The molecular formula is C23H30N4O4S. The normalized spacial score (nSPS) is 17.0. The van der Waals surface area contributed by atoms with Crippen molar-refractivity contribution in [2.75, 3.05) is 19.6 Å². The zero-order valence-corrected chi connectivity index (χ0v) is 19.5. The Bertz CT molecular complexity index is 1190. The molecule has 0 aliphatic carbocycles. The lowest BCUT2D eigenvalue weighted by Crippen LogP contribution is -2.43. The monoisotopic (exact) mass is 458 g/mol. The molecule has 3 heterocycles. The first-order chi connectivity index (χ1) is 15.3. The molecule has 0 unspecified atom stereocenters. The van der Waals surface area contributed by atoms with Gasteiger partial charge in [-0.3, -0.25) is 4.79 Å². The second-order valence-electron chi connectivity index (χ2n) is 8.58. The predicted octanol–water partition coefficient (Wildman–Crippen LogP) is 3.17. The number of hydrogen-bond acceptors (Lipinski definition) is 5. The number of H-pyrrole nitrogens is 1. The smallest absolute Gasteiger partial charge is 0.248 e. The maximum absolute atomic E-state index is 13.0. The number of carbonyl (C=O) groups is 1. The number of hydrogen-bond donors (Lipinski definition) is 2. The van der Waals surface area contributed by atoms with Crippen LogP contribution in [0.5, 0.6) is 0 Å². The SMILES string of the molecule is Cc1noc(C)c1S(=O)(=O)N1CCC([C@H](C)C(=O)NCCc2c[nH]c3ccccc23)CC1. The predicted molar refractivity (Wildman–Crippen MR) is 122 cm³/mol. The summed E-state index contributed by atoms with van der Waals surface area (Å²) in [6, 6.07) is 8.13. The first-order valence-electron chi connectivity index (χ1n) is 11.0. The van der Waals surface area contributed by atoms with E-state index in [0.717, 1.165) is 11.9 Å². The Labute approximate surface area is 188 Å². The van der Waals surface area contributed by atoms with Crippen LogP contribution >= 0.6 is 0 Å². The van der Waals surface area contributed by atoms with Crippen molar-refractivity contribution in [1.82, 2.24) is 19.8 Å². The summed E-state index contributed by atoms with van der Waals surface area (Å²) in [6.45, 7) is 6.55. The van der Waals surface area contributed by atoms with Crippen molar-refractivity contribution in [2.45, 2.75) is 44.9 Å². The van der Waals surface area contributed by atoms with E-state index in [1.807, 2.05) is 31.3 Å². The van der Waals surface area contributed by atoms with Crippen molar-refractivity contribution < 1.29 is 17.7 Å². The minimum absolute atomic E-state index is 0.0249. The maximum atomic E-state index is 13.0. The highest BCUT2D eigenvalue weighted by atomic mass is 32.2. The van der Waals surface area contributed by atoms with E-state index in [9.17, 15) is 13.2 Å². The molecule has 0 saturated carbocycles. The van der Waals surface area contributed by atoms with Crippen molar-refractivity contribution in [3.8, 4) is 0 Å². The molecule has 0 bridgehead atoms. The molecule has 0 radical (unpaired) electrons. The van der Waals surface area contributed by atoms with Crippen LogP contribution in [-0.4, -0.2) is 48.4 Å². The molecule has 3 aromatic rings. The number of rotatable bonds is 7. The topological polar surface area (TPSA) is 108 Å². The van der Waals surface area contributed by atoms with Gasteiger partial charge in [-0.1, -0.05) is 30.3 Å². The van der Waals surface area contributed by atoms with Gasteiger partial charge in [0.1, 0.15) is 10.6 Å². The summed E-state index contributed by atoms with van der Waals surface area (Å²) in [4.78, 5) is 16.1. The highest BCUT2D eigenvalue weighted by Crippen LogP contribution is 2.30. The largest absolute Gasteiger partial charge is 0.361 e. The molecule has 2 N–H and O–H groups in total. The quantitative estimate of drug-likeness (QED) is 0.565. The van der Waals surface area contributed by atoms with Gasteiger partial charge in [0, 0.05) is 42.7 Å². The molecule has 1 aliphatic rings. The van der Waals surface area contributed by atoms with Gasteiger partial charge in [0.05, 0.1) is 0 Å². The summed E-state index contributed by atoms with van der Waals surface area (Å²) in [5.74, 6) is 0.325. The Hall–Kier alpha value is -2.65. The van der Waals surface area contributed by atoms with Crippen LogP contribution in [0.3, 0.4) is 0 Å². The summed E-state index contributed by atoms with van der Waals surface area (Å²) in [5.41, 5.74) is 2.67. The van der Waals surface area contributed by atoms with Gasteiger partial charge in [-0.2, -0.15) is 4.31 Å². The average Bonchev–Trinajstić information content (AvgIpc) is 3.36. The van der Waals surface area contributed by atoms with Crippen molar-refractivity contribution in [2.24, 2.45) is 11.8 Å². The maximum Gasteiger partial charge on any atom is 0.248 e. The number of nitrogens with zero attached hydrogens (tertiary/aromatic N) is 2. The highest BCUT2D eigenvalue weighted by molar-refractivity contribution is 7.89. The van der Waals surface area contributed by atoms with Gasteiger partial charge in [-0.15, -0.1) is 0 Å². The lowest BCUT2D eigenvalue weighted by Gasteiger charge is -2.33. The van der Waals surface area contributed by atoms with E-state index >= 15 is 0 Å². The summed E-state index contributed by atoms with van der Waals surface area (Å²) < 4.78 is 32.5. The molecule has 1 amide bonds. The van der Waals surface area contributed by atoms with E-state index < -0.39 is 10.0 Å². The Kier molecular flexibility index (Phi) is 6.39. The van der Waals surface area contributed by atoms with Gasteiger partial charge in [0.25, 0.3) is 0 Å². The summed E-state index contributed by atoms with van der Waals surface area (Å²) >= 11 is 0. The van der Waals surface area contributed by atoms with E-state index in [2.05, 4.69) is 21.5 Å². The number of carbonyl (C=O) groups excluding carboxylic acids is 1. The molecule has 1 aromatic carbocycles. The Morgan fingerprint density at radius 2 is 2.00 bits per heavy atom. The van der Waals surface area contributed by atoms with Gasteiger partial charge in [0.2, 0.25) is 15.9 Å². The molecule has 172 valence electrons. The van der Waals surface area contributed by atoms with Crippen molar-refractivity contribution in [1.29, 1.82) is 0 Å². The molecule has 8 nitrogen and oxygen atoms in total. The van der Waals surface area contributed by atoms with Crippen molar-refractivity contribution >= 4 is 26.8 Å². The molecule has 1 saturated heterocycles. The van der Waals surface area contributed by atoms with Crippen LogP contribution in [0.25, 0.3) is 10.9 Å². The lowest BCUT2D eigenvalue weighted by molar-refractivity contribution is -0.126. The number of piperidine rings is 1. The second-order valence-corrected chi connectivity index (χ2v) is 10.5. The van der Waals surface area contributed by atoms with E-state index in [1.165, 1.54) is 15.3 Å². The Morgan fingerprint density at radius 3 is 2.69 bits per heavy atom. The van der Waals surface area contributed by atoms with Crippen LogP contribution in [0, 0.1) is 25.7 Å². The molecule has 2 aromatic heterocycles. The van der Waals surface area contributed by atoms with E-state index in [4.69, 9.17) is 4.52 Å². The van der Waals surface area contributed by atoms with Gasteiger partial charge in [-0.05, 0) is 50.7 Å². The van der Waals surface area contributed by atoms with E-state index in [1.54, 1.807) is 13.8 Å². The number of aromatic nitrogens is 2. The van der Waals surface area contributed by atoms with Crippen molar-refractivity contribution in [3.05, 3.63) is 47.5 Å². The zero-order chi connectivity index (χ0) is 22.9. The number of para-hydroxylation sites is 1. The van der Waals surface area contributed by atoms with Gasteiger partial charge >= 0.3 is 0 Å². The minimum atomic E-state index is -3.63. The third-order valence-electron chi connectivity index (χ3n) is 6.55. The first-order valence-corrected chi connectivity index (χ1v) is 12.5. The van der Waals surface area contributed by atoms with Crippen LogP contribution in [0.4, 0.5) is 0 Å². The number of aromatic amines is 1. The van der Waals surface area contributed by atoms with Crippen LogP contribution in [-0.2, 0) is 21.2 Å². The molecule has 1 aliphatic heterocycles. The lowest BCUT2D eigenvalue weighted by atomic mass is 9.85. The number of aryl methyl sites for hydroxylation is 2. The molecule has 1 atom stereocenters. The third kappa shape index (κ3) is 4.31. The fourth-order valence-corrected chi connectivity index (χ4v) is 6.38. The highest BCUT2D eigenvalue weighted by Gasteiger charge is 2.36. The van der Waals surface area contributed by atoms with Gasteiger partial charge in [0.15, 0.2) is 5.76 Å². The minimum Gasteiger partial charge on any atom is -0.361 e. The first kappa shape index (κ1) is 22.5. The Balaban J connectivity index is 1.29. The fraction of sp³-hybridized carbons (Fsp3) is 0.478. The molecule has 32 heavy (non-hydrogen) atoms. The molecular weight excluding hydrogens is 428 g/mol. The van der Waals surface area contributed by atoms with Crippen LogP contribution in [0.2, 0.25) is 0 Å². The molecule has 0 spiro atoms. The molecule has 1 fully saturated rings. The number of amides is 1. The average molecular weight is 459 g/mol. The molecule has 4 rings (SSSR count). The molecule has 9 heteroatoms. The zero-order valence-electron chi connectivity index (χ0n) is 18.7. The Morgan fingerprint density at radius 1 is 1.28 bits per heavy atom. The number of nitrogens with one attached hydrogen (secondary N) is 2. The van der Waals surface area contributed by atoms with E-state index in [0.29, 0.717) is 43.9 Å². The van der Waals surface area contributed by atoms with Crippen LogP contribution in [0.15, 0.2) is 39.9 Å². The standard InChI is InChI=1S/C23H30N4O4S/c1-15(23(28)24-11-8-19-14-25-21-7-5-4-6-20(19)21)18-9-12-27(13-10-18)32(29,30)22-16(2)26-31-17(22)3/h4-7,14-15,18,25H,8-13H2,1-3H3,(H,24,28)/t15-/m0/s1. The van der Waals surface area contributed by atoms with Crippen LogP contribution < -0.4 is 5.32 Å².